The molecule has 0 saturated heterocycles. The van der Waals surface area contributed by atoms with Crippen LogP contribution in [0.5, 0.6) is 0 Å². The van der Waals surface area contributed by atoms with E-state index >= 15 is 0 Å². The maximum atomic E-state index is 12.6. The summed E-state index contributed by atoms with van der Waals surface area (Å²) in [4.78, 5) is 12.6. The van der Waals surface area contributed by atoms with Gasteiger partial charge in [-0.3, -0.25) is 4.79 Å². The molecule has 6 nitrogen and oxygen atoms in total. The molecule has 0 aliphatic carbocycles. The Kier molecular flexibility index (Phi) is 4.72. The van der Waals surface area contributed by atoms with E-state index in [1.807, 2.05) is 36.4 Å². The highest BCUT2D eigenvalue weighted by Gasteiger charge is 2.13. The molecule has 1 amide bonds. The van der Waals surface area contributed by atoms with Gasteiger partial charge in [0, 0.05) is 16.1 Å². The molecule has 0 aliphatic heterocycles. The lowest BCUT2D eigenvalue weighted by atomic mass is 10.1. The van der Waals surface area contributed by atoms with Crippen molar-refractivity contribution in [1.29, 1.82) is 5.53 Å². The molecule has 3 aromatic rings. The van der Waals surface area contributed by atoms with Crippen LogP contribution in [0.4, 0.5) is 5.69 Å². The van der Waals surface area contributed by atoms with Crippen molar-refractivity contribution >= 4 is 39.8 Å². The van der Waals surface area contributed by atoms with Gasteiger partial charge in [-0.15, -0.1) is 5.10 Å². The van der Waals surface area contributed by atoms with E-state index in [1.54, 1.807) is 24.3 Å². The van der Waals surface area contributed by atoms with Crippen molar-refractivity contribution in [3.63, 3.8) is 0 Å². The van der Waals surface area contributed by atoms with Crippen molar-refractivity contribution in [3.05, 3.63) is 76.8 Å². The Hall–Kier alpha value is -3.25. The van der Waals surface area contributed by atoms with Gasteiger partial charge in [-0.2, -0.15) is 5.53 Å². The minimum atomic E-state index is -0.287. The fourth-order valence-corrected chi connectivity index (χ4v) is 2.64. The first-order valence-electron chi connectivity index (χ1n) is 7.38. The van der Waals surface area contributed by atoms with Gasteiger partial charge in [-0.1, -0.05) is 47.2 Å². The Labute approximate surface area is 148 Å². The van der Waals surface area contributed by atoms with Crippen LogP contribution >= 0.6 is 11.6 Å². The van der Waals surface area contributed by atoms with Crippen LogP contribution in [0.1, 0.15) is 15.9 Å². The molecule has 3 aromatic carbocycles. The van der Waals surface area contributed by atoms with E-state index in [0.717, 1.165) is 10.8 Å². The first kappa shape index (κ1) is 16.6. The number of nitrogens with zero attached hydrogens (tertiary/aromatic N) is 2. The molecule has 25 heavy (non-hydrogen) atoms. The average Bonchev–Trinajstić information content (AvgIpc) is 2.63. The second kappa shape index (κ2) is 7.11. The molecule has 0 aliphatic rings. The van der Waals surface area contributed by atoms with Crippen LogP contribution in [0, 0.1) is 5.53 Å². The SMILES string of the molecule is N=NN=C(N)c1cc(Cl)ccc1NC(=O)c1ccc2ccccc2c1. The molecule has 0 spiro atoms. The van der Waals surface area contributed by atoms with E-state index in [4.69, 9.17) is 22.9 Å². The van der Waals surface area contributed by atoms with Gasteiger partial charge in [-0.05, 0) is 41.1 Å². The Morgan fingerprint density at radius 2 is 1.80 bits per heavy atom. The van der Waals surface area contributed by atoms with E-state index in [1.165, 1.54) is 0 Å². The molecular formula is C18H14ClN5O. The maximum Gasteiger partial charge on any atom is 0.255 e. The summed E-state index contributed by atoms with van der Waals surface area (Å²) < 4.78 is 0. The van der Waals surface area contributed by atoms with Crippen molar-refractivity contribution in [2.45, 2.75) is 0 Å². The number of rotatable bonds is 4. The van der Waals surface area contributed by atoms with Crippen molar-refractivity contribution in [3.8, 4) is 0 Å². The van der Waals surface area contributed by atoms with Crippen molar-refractivity contribution < 1.29 is 4.79 Å². The van der Waals surface area contributed by atoms with E-state index in [9.17, 15) is 4.79 Å². The number of benzene rings is 3. The van der Waals surface area contributed by atoms with Crippen LogP contribution in [0.3, 0.4) is 0 Å². The smallest absolute Gasteiger partial charge is 0.255 e. The van der Waals surface area contributed by atoms with Gasteiger partial charge in [0.25, 0.3) is 5.91 Å². The molecule has 0 saturated carbocycles. The number of hydrogen-bond acceptors (Lipinski definition) is 3. The van der Waals surface area contributed by atoms with Crippen LogP contribution in [0.15, 0.2) is 71.0 Å². The Bertz CT molecular complexity index is 1000. The van der Waals surface area contributed by atoms with Gasteiger partial charge in [-0.25, -0.2) is 0 Å². The highest BCUT2D eigenvalue weighted by Crippen LogP contribution is 2.22. The zero-order valence-corrected chi connectivity index (χ0v) is 13.8. The van der Waals surface area contributed by atoms with Gasteiger partial charge in [0.2, 0.25) is 0 Å². The Morgan fingerprint density at radius 1 is 1.04 bits per heavy atom. The highest BCUT2D eigenvalue weighted by atomic mass is 35.5. The molecule has 0 fully saturated rings. The third-order valence-electron chi connectivity index (χ3n) is 3.68. The molecule has 0 heterocycles. The number of nitrogens with two attached hydrogens (primary N) is 1. The molecule has 0 bridgehead atoms. The van der Waals surface area contributed by atoms with Gasteiger partial charge in [0.05, 0.1) is 5.69 Å². The van der Waals surface area contributed by atoms with Crippen LogP contribution in [-0.2, 0) is 0 Å². The van der Waals surface area contributed by atoms with Gasteiger partial charge < -0.3 is 11.1 Å². The van der Waals surface area contributed by atoms with Crippen LogP contribution in [0.25, 0.3) is 10.8 Å². The standard InChI is InChI=1S/C18H14ClN5O/c19-14-7-8-16(15(10-14)17(20)23-24-21)22-18(25)13-6-5-11-3-1-2-4-12(11)9-13/h1-10H,(H,22,25)(H3,20,21,23). The largest absolute Gasteiger partial charge is 0.382 e. The molecule has 4 N–H and O–H groups in total. The van der Waals surface area contributed by atoms with E-state index in [2.05, 4.69) is 15.6 Å². The van der Waals surface area contributed by atoms with E-state index < -0.39 is 0 Å². The Balaban J connectivity index is 1.94. The van der Waals surface area contributed by atoms with Crippen molar-refractivity contribution in [2.75, 3.05) is 5.32 Å². The number of carbonyl (C=O) groups is 1. The second-order valence-corrected chi connectivity index (χ2v) is 5.73. The van der Waals surface area contributed by atoms with Crippen molar-refractivity contribution in [2.24, 2.45) is 16.1 Å². The second-order valence-electron chi connectivity index (χ2n) is 5.29. The van der Waals surface area contributed by atoms with Crippen LogP contribution < -0.4 is 11.1 Å². The summed E-state index contributed by atoms with van der Waals surface area (Å²) in [5.41, 5.74) is 13.9. The molecule has 0 atom stereocenters. The molecule has 0 aromatic heterocycles. The zero-order chi connectivity index (χ0) is 17.8. The molecule has 124 valence electrons. The topological polar surface area (TPSA) is 104 Å². The fourth-order valence-electron chi connectivity index (χ4n) is 2.47. The normalized spacial score (nSPS) is 11.3. The first-order valence-corrected chi connectivity index (χ1v) is 7.76. The maximum absolute atomic E-state index is 12.6. The minimum absolute atomic E-state index is 0.00804. The monoisotopic (exact) mass is 351 g/mol. The van der Waals surface area contributed by atoms with Gasteiger partial charge in [0.1, 0.15) is 0 Å². The lowest BCUT2D eigenvalue weighted by molar-refractivity contribution is 0.102. The quantitative estimate of drug-likeness (QED) is 0.280. The molecule has 7 heteroatoms. The number of carbonyl (C=O) groups excluding carboxylic acids is 1. The predicted molar refractivity (Wildman–Crippen MR) is 99.2 cm³/mol. The summed E-state index contributed by atoms with van der Waals surface area (Å²) in [5.74, 6) is -0.295. The van der Waals surface area contributed by atoms with Gasteiger partial charge >= 0.3 is 0 Å². The third-order valence-corrected chi connectivity index (χ3v) is 3.91. The summed E-state index contributed by atoms with van der Waals surface area (Å²) in [5, 5.41) is 11.7. The number of nitrogens with one attached hydrogen (secondary N) is 2. The van der Waals surface area contributed by atoms with E-state index in [-0.39, 0.29) is 11.7 Å². The highest BCUT2D eigenvalue weighted by molar-refractivity contribution is 6.31. The number of halogens is 1. The summed E-state index contributed by atoms with van der Waals surface area (Å²) in [6.45, 7) is 0. The lowest BCUT2D eigenvalue weighted by Gasteiger charge is -2.11. The van der Waals surface area contributed by atoms with Gasteiger partial charge in [0.15, 0.2) is 5.84 Å². The number of fused-ring (bicyclic) bond motifs is 1. The first-order chi connectivity index (χ1) is 12.1. The number of anilines is 1. The summed E-state index contributed by atoms with van der Waals surface area (Å²) in [6, 6.07) is 18.1. The molecule has 3 rings (SSSR count). The summed E-state index contributed by atoms with van der Waals surface area (Å²) in [7, 11) is 0. The zero-order valence-electron chi connectivity index (χ0n) is 13.0. The molecule has 0 unspecified atom stereocenters. The fraction of sp³-hybridized carbons (Fsp3) is 0. The molecular weight excluding hydrogens is 338 g/mol. The van der Waals surface area contributed by atoms with E-state index in [0.29, 0.717) is 21.8 Å². The summed E-state index contributed by atoms with van der Waals surface area (Å²) in [6.07, 6.45) is 0. The average molecular weight is 352 g/mol. The number of amides is 1. The van der Waals surface area contributed by atoms with Crippen LogP contribution in [-0.4, -0.2) is 11.7 Å². The third kappa shape index (κ3) is 3.64. The molecule has 0 radical (unpaired) electrons. The predicted octanol–water partition coefficient (Wildman–Crippen LogP) is 4.40. The Morgan fingerprint density at radius 3 is 2.56 bits per heavy atom. The number of hydrogen-bond donors (Lipinski definition) is 3. The number of amidine groups is 1. The minimum Gasteiger partial charge on any atom is -0.382 e. The summed E-state index contributed by atoms with van der Waals surface area (Å²) >= 11 is 5.98. The van der Waals surface area contributed by atoms with Crippen LogP contribution in [0.2, 0.25) is 5.02 Å². The van der Waals surface area contributed by atoms with Crippen molar-refractivity contribution in [1.82, 2.24) is 0 Å². The lowest BCUT2D eigenvalue weighted by Crippen LogP contribution is -2.19.